The molecule has 0 amide bonds. The Kier molecular flexibility index (Phi) is 3.60. The largest absolute Gasteiger partial charge is 0.633 e. The molecule has 0 radical (unpaired) electrons. The van der Waals surface area contributed by atoms with Crippen LogP contribution in [0.15, 0.2) is 54.6 Å². The van der Waals surface area contributed by atoms with Gasteiger partial charge >= 0.3 is 0 Å². The van der Waals surface area contributed by atoms with E-state index in [2.05, 4.69) is 0 Å². The number of ether oxygens (including phenoxy) is 1. The monoisotopic (exact) mass is 333 g/mol. The van der Waals surface area contributed by atoms with E-state index >= 15 is 0 Å². The Hall–Kier alpha value is -2.69. The standard InChI is InChI=1S/C21H19NO3/c1-22(2,24)11-12-25-19-13-18-20(15-8-4-3-7-14(15)19)16-9-5-6-10-17(16)21(18)23/h3-10,13H,11-12H2,1-2H3. The maximum atomic E-state index is 12.8. The first kappa shape index (κ1) is 15.8. The normalized spacial score (nSPS) is 13.0. The van der Waals surface area contributed by atoms with Crippen molar-refractivity contribution in [1.82, 2.24) is 0 Å². The minimum absolute atomic E-state index is 0.0288. The van der Waals surface area contributed by atoms with Crippen molar-refractivity contribution in [2.75, 3.05) is 27.2 Å². The fraction of sp³-hybridized carbons (Fsp3) is 0.190. The fourth-order valence-electron chi connectivity index (χ4n) is 3.35. The minimum atomic E-state index is -0.409. The third kappa shape index (κ3) is 2.69. The number of fused-ring (bicyclic) bond motifs is 5. The molecule has 1 aliphatic carbocycles. The van der Waals surface area contributed by atoms with Gasteiger partial charge in [0.25, 0.3) is 0 Å². The number of nitrogens with zero attached hydrogens (tertiary/aromatic N) is 1. The van der Waals surface area contributed by atoms with Gasteiger partial charge in [0, 0.05) is 22.1 Å². The topological polar surface area (TPSA) is 49.4 Å². The number of likely N-dealkylation sites (N-methyl/N-ethyl adjacent to an activating group) is 1. The van der Waals surface area contributed by atoms with Gasteiger partial charge in [-0.25, -0.2) is 0 Å². The molecule has 25 heavy (non-hydrogen) atoms. The zero-order valence-electron chi connectivity index (χ0n) is 14.3. The Bertz CT molecular complexity index is 986. The summed E-state index contributed by atoms with van der Waals surface area (Å²) in [5.41, 5.74) is 3.36. The second-order valence-electron chi connectivity index (χ2n) is 6.86. The van der Waals surface area contributed by atoms with Crippen LogP contribution in [0.25, 0.3) is 21.9 Å². The van der Waals surface area contributed by atoms with Gasteiger partial charge in [0.15, 0.2) is 5.78 Å². The van der Waals surface area contributed by atoms with E-state index in [1.807, 2.05) is 54.6 Å². The molecule has 0 fully saturated rings. The highest BCUT2D eigenvalue weighted by Crippen LogP contribution is 2.44. The lowest BCUT2D eigenvalue weighted by Gasteiger charge is -2.33. The molecule has 3 aromatic rings. The smallest absolute Gasteiger partial charge is 0.194 e. The molecule has 0 atom stereocenters. The van der Waals surface area contributed by atoms with Crippen molar-refractivity contribution in [2.24, 2.45) is 0 Å². The van der Waals surface area contributed by atoms with E-state index in [0.717, 1.165) is 27.5 Å². The third-order valence-electron chi connectivity index (χ3n) is 4.58. The van der Waals surface area contributed by atoms with Gasteiger partial charge in [-0.15, -0.1) is 0 Å². The van der Waals surface area contributed by atoms with E-state index in [1.165, 1.54) is 0 Å². The molecule has 3 aromatic carbocycles. The summed E-state index contributed by atoms with van der Waals surface area (Å²) in [6, 6.07) is 17.5. The summed E-state index contributed by atoms with van der Waals surface area (Å²) >= 11 is 0. The fourth-order valence-corrected chi connectivity index (χ4v) is 3.35. The van der Waals surface area contributed by atoms with Gasteiger partial charge in [-0.3, -0.25) is 4.79 Å². The van der Waals surface area contributed by atoms with Crippen LogP contribution in [0.2, 0.25) is 0 Å². The van der Waals surface area contributed by atoms with Crippen molar-refractivity contribution < 1.29 is 14.2 Å². The summed E-state index contributed by atoms with van der Waals surface area (Å²) in [7, 11) is 3.18. The van der Waals surface area contributed by atoms with Crippen LogP contribution in [-0.2, 0) is 0 Å². The van der Waals surface area contributed by atoms with Crippen LogP contribution in [0.4, 0.5) is 0 Å². The van der Waals surface area contributed by atoms with Crippen molar-refractivity contribution in [3.8, 4) is 16.9 Å². The van der Waals surface area contributed by atoms with Crippen LogP contribution >= 0.6 is 0 Å². The number of hydrogen-bond acceptors (Lipinski definition) is 3. The van der Waals surface area contributed by atoms with E-state index in [4.69, 9.17) is 4.74 Å². The van der Waals surface area contributed by atoms with Crippen molar-refractivity contribution in [3.05, 3.63) is 70.9 Å². The van der Waals surface area contributed by atoms with E-state index in [1.54, 1.807) is 14.1 Å². The highest BCUT2D eigenvalue weighted by molar-refractivity contribution is 6.26. The van der Waals surface area contributed by atoms with Gasteiger partial charge in [-0.1, -0.05) is 48.5 Å². The van der Waals surface area contributed by atoms with Crippen LogP contribution in [0.1, 0.15) is 15.9 Å². The summed E-state index contributed by atoms with van der Waals surface area (Å²) < 4.78 is 5.49. The molecule has 4 rings (SSSR count). The van der Waals surface area contributed by atoms with E-state index in [0.29, 0.717) is 24.5 Å². The zero-order chi connectivity index (χ0) is 17.6. The second kappa shape index (κ2) is 5.69. The Balaban J connectivity index is 1.85. The Labute approximate surface area is 146 Å². The van der Waals surface area contributed by atoms with Crippen molar-refractivity contribution >= 4 is 16.6 Å². The summed E-state index contributed by atoms with van der Waals surface area (Å²) in [5.74, 6) is 0.685. The summed E-state index contributed by atoms with van der Waals surface area (Å²) in [5, 5.41) is 13.7. The highest BCUT2D eigenvalue weighted by Gasteiger charge is 2.29. The summed E-state index contributed by atoms with van der Waals surface area (Å²) in [6.07, 6.45) is 0. The van der Waals surface area contributed by atoms with Gasteiger partial charge < -0.3 is 14.6 Å². The maximum Gasteiger partial charge on any atom is 0.194 e. The van der Waals surface area contributed by atoms with E-state index < -0.39 is 4.65 Å². The van der Waals surface area contributed by atoms with Gasteiger partial charge in [-0.2, -0.15) is 0 Å². The molecule has 1 aliphatic rings. The molecule has 4 heteroatoms. The van der Waals surface area contributed by atoms with Crippen molar-refractivity contribution in [2.45, 2.75) is 0 Å². The van der Waals surface area contributed by atoms with Gasteiger partial charge in [0.2, 0.25) is 0 Å². The quantitative estimate of drug-likeness (QED) is 0.419. The van der Waals surface area contributed by atoms with Crippen LogP contribution in [-0.4, -0.2) is 37.7 Å². The van der Waals surface area contributed by atoms with Crippen molar-refractivity contribution in [3.63, 3.8) is 0 Å². The summed E-state index contributed by atoms with van der Waals surface area (Å²) in [6.45, 7) is 0.653. The number of carbonyl (C=O) groups is 1. The number of quaternary nitrogens is 1. The van der Waals surface area contributed by atoms with Crippen LogP contribution in [0.3, 0.4) is 0 Å². The molecular formula is C21H19NO3. The van der Waals surface area contributed by atoms with Crippen LogP contribution in [0.5, 0.6) is 5.75 Å². The molecular weight excluding hydrogens is 314 g/mol. The molecule has 0 saturated carbocycles. The molecule has 0 spiro atoms. The molecule has 126 valence electrons. The predicted molar refractivity (Wildman–Crippen MR) is 98.7 cm³/mol. The van der Waals surface area contributed by atoms with Crippen molar-refractivity contribution in [1.29, 1.82) is 0 Å². The van der Waals surface area contributed by atoms with Gasteiger partial charge in [-0.05, 0) is 17.0 Å². The number of hydrogen-bond donors (Lipinski definition) is 0. The maximum absolute atomic E-state index is 12.8. The molecule has 0 N–H and O–H groups in total. The average Bonchev–Trinajstić information content (AvgIpc) is 2.87. The lowest BCUT2D eigenvalue weighted by atomic mass is 9.97. The Morgan fingerprint density at radius 2 is 1.56 bits per heavy atom. The Morgan fingerprint density at radius 3 is 2.28 bits per heavy atom. The second-order valence-corrected chi connectivity index (χ2v) is 6.86. The van der Waals surface area contributed by atoms with E-state index in [9.17, 15) is 10.0 Å². The molecule has 4 nitrogen and oxygen atoms in total. The number of benzene rings is 3. The van der Waals surface area contributed by atoms with Gasteiger partial charge in [0.05, 0.1) is 14.1 Å². The zero-order valence-corrected chi connectivity index (χ0v) is 14.3. The molecule has 0 aromatic heterocycles. The average molecular weight is 333 g/mol. The Morgan fingerprint density at radius 1 is 0.920 bits per heavy atom. The van der Waals surface area contributed by atoms with Gasteiger partial charge in [0.1, 0.15) is 18.9 Å². The lowest BCUT2D eigenvalue weighted by Crippen LogP contribution is -2.36. The first-order valence-electron chi connectivity index (χ1n) is 8.32. The van der Waals surface area contributed by atoms with Crippen LogP contribution < -0.4 is 4.74 Å². The predicted octanol–water partition coefficient (Wildman–Crippen LogP) is 4.00. The SMILES string of the molecule is C[N+](C)([O-])CCOc1cc2c(c3ccccc13)-c1ccccc1C2=O. The first-order chi connectivity index (χ1) is 12.0. The summed E-state index contributed by atoms with van der Waals surface area (Å²) in [4.78, 5) is 12.8. The highest BCUT2D eigenvalue weighted by atomic mass is 16.5. The molecule has 0 aliphatic heterocycles. The van der Waals surface area contributed by atoms with E-state index in [-0.39, 0.29) is 5.78 Å². The number of carbonyl (C=O) groups excluding carboxylic acids is 1. The lowest BCUT2D eigenvalue weighted by molar-refractivity contribution is -0.840. The molecule has 0 saturated heterocycles. The molecule has 0 heterocycles. The van der Waals surface area contributed by atoms with Crippen LogP contribution in [0, 0.1) is 5.21 Å². The first-order valence-corrected chi connectivity index (χ1v) is 8.32. The number of rotatable bonds is 4. The minimum Gasteiger partial charge on any atom is -0.633 e. The third-order valence-corrected chi connectivity index (χ3v) is 4.58. The number of ketones is 1. The molecule has 0 unspecified atom stereocenters. The number of hydroxylamine groups is 3. The molecule has 0 bridgehead atoms.